The lowest BCUT2D eigenvalue weighted by Crippen LogP contribution is -2.16. The number of aryl methyl sites for hydroxylation is 1. The van der Waals surface area contributed by atoms with Crippen LogP contribution < -0.4 is 10.5 Å². The van der Waals surface area contributed by atoms with E-state index in [0.717, 1.165) is 17.9 Å². The maximum atomic E-state index is 5.93. The normalized spacial score (nSPS) is 12.2. The molecule has 0 fully saturated rings. The van der Waals surface area contributed by atoms with Gasteiger partial charge in [0.15, 0.2) is 0 Å². The predicted molar refractivity (Wildman–Crippen MR) is 77.5 cm³/mol. The molecule has 0 spiro atoms. The molecule has 3 nitrogen and oxygen atoms in total. The van der Waals surface area contributed by atoms with Gasteiger partial charge < -0.3 is 10.5 Å². The second kappa shape index (κ2) is 6.34. The van der Waals surface area contributed by atoms with Gasteiger partial charge in [0.2, 0.25) is 0 Å². The van der Waals surface area contributed by atoms with Crippen LogP contribution in [0, 0.1) is 6.92 Å². The van der Waals surface area contributed by atoms with Crippen molar-refractivity contribution in [2.75, 3.05) is 13.7 Å². The van der Waals surface area contributed by atoms with Gasteiger partial charge in [-0.25, -0.2) is 0 Å². The number of aromatic nitrogens is 1. The second-order valence-corrected chi connectivity index (χ2v) is 4.68. The van der Waals surface area contributed by atoms with Gasteiger partial charge in [0.1, 0.15) is 5.75 Å². The fourth-order valence-electron chi connectivity index (χ4n) is 2.32. The maximum Gasteiger partial charge on any atom is 0.119 e. The quantitative estimate of drug-likeness (QED) is 0.894. The van der Waals surface area contributed by atoms with Crippen molar-refractivity contribution in [2.45, 2.75) is 19.3 Å². The third-order valence-electron chi connectivity index (χ3n) is 3.38. The number of hydrogen-bond donors (Lipinski definition) is 1. The fourth-order valence-corrected chi connectivity index (χ4v) is 2.32. The van der Waals surface area contributed by atoms with Crippen LogP contribution in [0.3, 0.4) is 0 Å². The number of ether oxygens (including phenoxy) is 1. The van der Waals surface area contributed by atoms with E-state index in [4.69, 9.17) is 10.5 Å². The van der Waals surface area contributed by atoms with Gasteiger partial charge in [-0.3, -0.25) is 4.98 Å². The summed E-state index contributed by atoms with van der Waals surface area (Å²) in [6, 6.07) is 12.1. The van der Waals surface area contributed by atoms with Crippen LogP contribution in [0.1, 0.15) is 22.7 Å². The summed E-state index contributed by atoms with van der Waals surface area (Å²) in [5, 5.41) is 0. The van der Waals surface area contributed by atoms with Gasteiger partial charge in [-0.2, -0.15) is 0 Å². The van der Waals surface area contributed by atoms with E-state index in [1.54, 1.807) is 7.11 Å². The first kappa shape index (κ1) is 13.6. The average Bonchev–Trinajstić information content (AvgIpc) is 2.46. The molecule has 2 rings (SSSR count). The van der Waals surface area contributed by atoms with Crippen molar-refractivity contribution in [3.63, 3.8) is 0 Å². The summed E-state index contributed by atoms with van der Waals surface area (Å²) in [5.41, 5.74) is 9.50. The Morgan fingerprint density at radius 2 is 2.11 bits per heavy atom. The summed E-state index contributed by atoms with van der Waals surface area (Å²) in [7, 11) is 1.68. The molecule has 0 aliphatic carbocycles. The Hall–Kier alpha value is -1.87. The Bertz CT molecular complexity index is 526. The highest BCUT2D eigenvalue weighted by molar-refractivity contribution is 5.37. The minimum absolute atomic E-state index is 0.292. The van der Waals surface area contributed by atoms with Gasteiger partial charge >= 0.3 is 0 Å². The SMILES string of the molecule is COc1ccc(C(CN)Cc2ccccn2)c(C)c1. The first-order chi connectivity index (χ1) is 9.24. The zero-order valence-corrected chi connectivity index (χ0v) is 11.5. The van der Waals surface area contributed by atoms with Gasteiger partial charge in [0, 0.05) is 17.8 Å². The van der Waals surface area contributed by atoms with Crippen molar-refractivity contribution in [3.8, 4) is 5.75 Å². The van der Waals surface area contributed by atoms with Crippen molar-refractivity contribution in [1.29, 1.82) is 0 Å². The Morgan fingerprint density at radius 1 is 1.26 bits per heavy atom. The molecule has 3 heteroatoms. The van der Waals surface area contributed by atoms with Gasteiger partial charge in [-0.15, -0.1) is 0 Å². The number of nitrogens with two attached hydrogens (primary N) is 1. The molecule has 1 heterocycles. The van der Waals surface area contributed by atoms with Gasteiger partial charge in [-0.05, 0) is 55.3 Å². The van der Waals surface area contributed by atoms with E-state index in [1.807, 2.05) is 30.5 Å². The van der Waals surface area contributed by atoms with Gasteiger partial charge in [0.25, 0.3) is 0 Å². The van der Waals surface area contributed by atoms with Crippen LogP contribution in [-0.4, -0.2) is 18.6 Å². The molecule has 1 unspecified atom stereocenters. The number of benzene rings is 1. The van der Waals surface area contributed by atoms with Crippen molar-refractivity contribution in [3.05, 3.63) is 59.4 Å². The molecule has 19 heavy (non-hydrogen) atoms. The highest BCUT2D eigenvalue weighted by Crippen LogP contribution is 2.25. The minimum atomic E-state index is 0.292. The molecule has 1 atom stereocenters. The molecule has 100 valence electrons. The zero-order chi connectivity index (χ0) is 13.7. The van der Waals surface area contributed by atoms with Crippen LogP contribution in [-0.2, 0) is 6.42 Å². The maximum absolute atomic E-state index is 5.93. The third kappa shape index (κ3) is 3.32. The smallest absolute Gasteiger partial charge is 0.119 e. The molecule has 0 aliphatic heterocycles. The van der Waals surface area contributed by atoms with Gasteiger partial charge in [-0.1, -0.05) is 12.1 Å². The Labute approximate surface area is 114 Å². The van der Waals surface area contributed by atoms with Crippen LogP contribution in [0.25, 0.3) is 0 Å². The number of pyridine rings is 1. The molecular formula is C16H20N2O. The van der Waals surface area contributed by atoms with Gasteiger partial charge in [0.05, 0.1) is 7.11 Å². The van der Waals surface area contributed by atoms with Crippen LogP contribution in [0.15, 0.2) is 42.6 Å². The molecule has 0 radical (unpaired) electrons. The first-order valence-electron chi connectivity index (χ1n) is 6.49. The molecule has 1 aromatic carbocycles. The molecule has 1 aromatic heterocycles. The molecule has 0 saturated carbocycles. The van der Waals surface area contributed by atoms with E-state index in [9.17, 15) is 0 Å². The van der Waals surface area contributed by atoms with E-state index < -0.39 is 0 Å². The summed E-state index contributed by atoms with van der Waals surface area (Å²) in [6.07, 6.45) is 2.69. The summed E-state index contributed by atoms with van der Waals surface area (Å²) in [5.74, 6) is 1.18. The summed E-state index contributed by atoms with van der Waals surface area (Å²) in [4.78, 5) is 4.38. The molecule has 0 aliphatic rings. The monoisotopic (exact) mass is 256 g/mol. The molecule has 0 amide bonds. The van der Waals surface area contributed by atoms with Crippen LogP contribution >= 0.6 is 0 Å². The Morgan fingerprint density at radius 3 is 2.68 bits per heavy atom. The van der Waals surface area contributed by atoms with Crippen LogP contribution in [0.5, 0.6) is 5.75 Å². The summed E-state index contributed by atoms with van der Waals surface area (Å²) >= 11 is 0. The fraction of sp³-hybridized carbons (Fsp3) is 0.312. The summed E-state index contributed by atoms with van der Waals surface area (Å²) in [6.45, 7) is 2.71. The second-order valence-electron chi connectivity index (χ2n) is 4.68. The van der Waals surface area contributed by atoms with E-state index in [0.29, 0.717) is 12.5 Å². The Balaban J connectivity index is 2.22. The predicted octanol–water partition coefficient (Wildman–Crippen LogP) is 2.68. The minimum Gasteiger partial charge on any atom is -0.497 e. The lowest BCUT2D eigenvalue weighted by Gasteiger charge is -2.18. The van der Waals surface area contributed by atoms with E-state index in [-0.39, 0.29) is 0 Å². The molecule has 0 saturated heterocycles. The number of nitrogens with zero attached hydrogens (tertiary/aromatic N) is 1. The zero-order valence-electron chi connectivity index (χ0n) is 11.5. The molecule has 2 N–H and O–H groups in total. The molecule has 0 bridgehead atoms. The largest absolute Gasteiger partial charge is 0.497 e. The van der Waals surface area contributed by atoms with Crippen molar-refractivity contribution in [1.82, 2.24) is 4.98 Å². The van der Waals surface area contributed by atoms with E-state index in [2.05, 4.69) is 24.0 Å². The third-order valence-corrected chi connectivity index (χ3v) is 3.38. The lowest BCUT2D eigenvalue weighted by atomic mass is 9.90. The highest BCUT2D eigenvalue weighted by Gasteiger charge is 2.14. The first-order valence-corrected chi connectivity index (χ1v) is 6.49. The van der Waals surface area contributed by atoms with E-state index >= 15 is 0 Å². The average molecular weight is 256 g/mol. The number of rotatable bonds is 5. The van der Waals surface area contributed by atoms with Crippen LogP contribution in [0.4, 0.5) is 0 Å². The van der Waals surface area contributed by atoms with Crippen molar-refractivity contribution < 1.29 is 4.74 Å². The topological polar surface area (TPSA) is 48.1 Å². The van der Waals surface area contributed by atoms with E-state index in [1.165, 1.54) is 11.1 Å². The molecule has 2 aromatic rings. The molecular weight excluding hydrogens is 236 g/mol. The number of hydrogen-bond acceptors (Lipinski definition) is 3. The Kier molecular flexibility index (Phi) is 4.53. The number of methoxy groups -OCH3 is 1. The highest BCUT2D eigenvalue weighted by atomic mass is 16.5. The lowest BCUT2D eigenvalue weighted by molar-refractivity contribution is 0.414. The summed E-state index contributed by atoms with van der Waals surface area (Å²) < 4.78 is 5.24. The van der Waals surface area contributed by atoms with Crippen LogP contribution in [0.2, 0.25) is 0 Å². The van der Waals surface area contributed by atoms with Crippen molar-refractivity contribution in [2.24, 2.45) is 5.73 Å². The standard InChI is InChI=1S/C16H20N2O/c1-12-9-15(19-2)6-7-16(12)13(11-17)10-14-5-3-4-8-18-14/h3-9,13H,10-11,17H2,1-2H3. The van der Waals surface area contributed by atoms with Crippen molar-refractivity contribution >= 4 is 0 Å².